The Labute approximate surface area is 128 Å². The van der Waals surface area contributed by atoms with Crippen molar-refractivity contribution in [2.75, 3.05) is 5.32 Å². The molecule has 5 nitrogen and oxygen atoms in total. The Morgan fingerprint density at radius 2 is 1.81 bits per heavy atom. The summed E-state index contributed by atoms with van der Waals surface area (Å²) in [5, 5.41) is 4.87. The van der Waals surface area contributed by atoms with Gasteiger partial charge in [0.2, 0.25) is 0 Å². The number of carbonyl (C=O) groups is 3. The van der Waals surface area contributed by atoms with Crippen LogP contribution in [0.4, 0.5) is 5.69 Å². The summed E-state index contributed by atoms with van der Waals surface area (Å²) in [6.07, 6.45) is 0. The molecule has 1 aliphatic rings. The standard InChI is InChI=1S/C15H9BrN2O3/c16-9-4-1-3-8(7-9)13(19)17-11-6-2-5-10-12(11)15(21)18-14(10)20/h1-7H,(H,17,19)(H,18,20,21). The van der Waals surface area contributed by atoms with Gasteiger partial charge in [-0.3, -0.25) is 19.7 Å². The molecule has 0 radical (unpaired) electrons. The minimum Gasteiger partial charge on any atom is -0.321 e. The van der Waals surface area contributed by atoms with E-state index in [1.54, 1.807) is 36.4 Å². The Morgan fingerprint density at radius 3 is 2.57 bits per heavy atom. The van der Waals surface area contributed by atoms with Crippen LogP contribution in [0.2, 0.25) is 0 Å². The molecule has 2 aromatic carbocycles. The smallest absolute Gasteiger partial charge is 0.261 e. The maximum atomic E-state index is 12.2. The first-order valence-corrected chi connectivity index (χ1v) is 6.91. The van der Waals surface area contributed by atoms with Gasteiger partial charge in [0.25, 0.3) is 17.7 Å². The summed E-state index contributed by atoms with van der Waals surface area (Å²) in [6.45, 7) is 0. The molecular formula is C15H9BrN2O3. The lowest BCUT2D eigenvalue weighted by molar-refractivity contribution is 0.0879. The molecule has 0 unspecified atom stereocenters. The summed E-state index contributed by atoms with van der Waals surface area (Å²) in [4.78, 5) is 35.6. The largest absolute Gasteiger partial charge is 0.321 e. The highest BCUT2D eigenvalue weighted by molar-refractivity contribution is 9.10. The molecular weight excluding hydrogens is 336 g/mol. The summed E-state index contributed by atoms with van der Waals surface area (Å²) in [7, 11) is 0. The summed E-state index contributed by atoms with van der Waals surface area (Å²) in [6, 6.07) is 11.6. The molecule has 2 aromatic rings. The molecule has 0 spiro atoms. The van der Waals surface area contributed by atoms with Crippen LogP contribution in [-0.2, 0) is 0 Å². The van der Waals surface area contributed by atoms with Crippen molar-refractivity contribution in [3.8, 4) is 0 Å². The van der Waals surface area contributed by atoms with E-state index in [1.165, 1.54) is 0 Å². The lowest BCUT2D eigenvalue weighted by Gasteiger charge is -2.08. The first-order chi connectivity index (χ1) is 10.1. The number of hydrogen-bond donors (Lipinski definition) is 2. The Bertz CT molecular complexity index is 786. The molecule has 0 atom stereocenters. The summed E-state index contributed by atoms with van der Waals surface area (Å²) in [5.74, 6) is -1.30. The number of halogens is 1. The van der Waals surface area contributed by atoms with Gasteiger partial charge in [-0.1, -0.05) is 28.1 Å². The number of benzene rings is 2. The van der Waals surface area contributed by atoms with Gasteiger partial charge in [-0.15, -0.1) is 0 Å². The normalized spacial score (nSPS) is 12.8. The molecule has 0 saturated carbocycles. The van der Waals surface area contributed by atoms with Crippen LogP contribution in [0.5, 0.6) is 0 Å². The van der Waals surface area contributed by atoms with Crippen molar-refractivity contribution in [3.05, 3.63) is 63.6 Å². The molecule has 0 fully saturated rings. The van der Waals surface area contributed by atoms with E-state index in [0.29, 0.717) is 11.3 Å². The van der Waals surface area contributed by atoms with Crippen LogP contribution in [-0.4, -0.2) is 17.7 Å². The van der Waals surface area contributed by atoms with E-state index in [4.69, 9.17) is 0 Å². The van der Waals surface area contributed by atoms with E-state index in [2.05, 4.69) is 26.6 Å². The SMILES string of the molecule is O=C(Nc1cccc2c1C(=O)NC2=O)c1cccc(Br)c1. The topological polar surface area (TPSA) is 75.3 Å². The zero-order valence-corrected chi connectivity index (χ0v) is 12.2. The predicted octanol–water partition coefficient (Wildman–Crippen LogP) is 2.59. The monoisotopic (exact) mass is 344 g/mol. The van der Waals surface area contributed by atoms with Crippen LogP contribution in [0.3, 0.4) is 0 Å². The van der Waals surface area contributed by atoms with Gasteiger partial charge in [0.15, 0.2) is 0 Å². The van der Waals surface area contributed by atoms with Gasteiger partial charge in [-0.2, -0.15) is 0 Å². The molecule has 0 aliphatic carbocycles. The van der Waals surface area contributed by atoms with E-state index < -0.39 is 11.8 Å². The number of carbonyl (C=O) groups excluding carboxylic acids is 3. The highest BCUT2D eigenvalue weighted by atomic mass is 79.9. The minimum absolute atomic E-state index is 0.200. The number of imide groups is 1. The second kappa shape index (κ2) is 5.14. The molecule has 0 saturated heterocycles. The zero-order valence-electron chi connectivity index (χ0n) is 10.6. The molecule has 3 amide bonds. The highest BCUT2D eigenvalue weighted by Crippen LogP contribution is 2.25. The Kier molecular flexibility index (Phi) is 3.31. The van der Waals surface area contributed by atoms with Gasteiger partial charge in [-0.05, 0) is 30.3 Å². The maximum absolute atomic E-state index is 12.2. The second-order valence-electron chi connectivity index (χ2n) is 4.48. The molecule has 1 heterocycles. The van der Waals surface area contributed by atoms with Crippen LogP contribution in [0.15, 0.2) is 46.9 Å². The average molecular weight is 345 g/mol. The van der Waals surface area contributed by atoms with Gasteiger partial charge in [0.1, 0.15) is 0 Å². The van der Waals surface area contributed by atoms with Gasteiger partial charge in [-0.25, -0.2) is 0 Å². The van der Waals surface area contributed by atoms with Crippen molar-refractivity contribution in [3.63, 3.8) is 0 Å². The zero-order chi connectivity index (χ0) is 15.0. The maximum Gasteiger partial charge on any atom is 0.261 e. The highest BCUT2D eigenvalue weighted by Gasteiger charge is 2.29. The van der Waals surface area contributed by atoms with E-state index in [0.717, 1.165) is 4.47 Å². The molecule has 2 N–H and O–H groups in total. The number of anilines is 1. The Morgan fingerprint density at radius 1 is 1.05 bits per heavy atom. The van der Waals surface area contributed by atoms with Crippen molar-refractivity contribution < 1.29 is 14.4 Å². The van der Waals surface area contributed by atoms with Gasteiger partial charge in [0.05, 0.1) is 16.8 Å². The lowest BCUT2D eigenvalue weighted by Crippen LogP contribution is -2.20. The van der Waals surface area contributed by atoms with Gasteiger partial charge >= 0.3 is 0 Å². The summed E-state index contributed by atoms with van der Waals surface area (Å²) >= 11 is 3.29. The van der Waals surface area contributed by atoms with Crippen molar-refractivity contribution >= 4 is 39.3 Å². The van der Waals surface area contributed by atoms with E-state index >= 15 is 0 Å². The minimum atomic E-state index is -0.500. The van der Waals surface area contributed by atoms with Gasteiger partial charge in [0, 0.05) is 10.0 Å². The fourth-order valence-corrected chi connectivity index (χ4v) is 2.55. The molecule has 6 heteroatoms. The van der Waals surface area contributed by atoms with Crippen LogP contribution in [0, 0.1) is 0 Å². The summed E-state index contributed by atoms with van der Waals surface area (Å²) in [5.41, 5.74) is 1.24. The molecule has 3 rings (SSSR count). The Hall–Kier alpha value is -2.47. The molecule has 0 bridgehead atoms. The van der Waals surface area contributed by atoms with Crippen LogP contribution < -0.4 is 10.6 Å². The number of amides is 3. The quantitative estimate of drug-likeness (QED) is 0.822. The number of fused-ring (bicyclic) bond motifs is 1. The first kappa shape index (κ1) is 13.5. The number of nitrogens with one attached hydrogen (secondary N) is 2. The van der Waals surface area contributed by atoms with E-state index in [-0.39, 0.29) is 17.0 Å². The van der Waals surface area contributed by atoms with Crippen LogP contribution >= 0.6 is 15.9 Å². The van der Waals surface area contributed by atoms with Crippen molar-refractivity contribution in [1.29, 1.82) is 0 Å². The number of hydrogen-bond acceptors (Lipinski definition) is 3. The average Bonchev–Trinajstić information content (AvgIpc) is 2.75. The number of rotatable bonds is 2. The third-order valence-electron chi connectivity index (χ3n) is 3.10. The molecule has 104 valence electrons. The third-order valence-corrected chi connectivity index (χ3v) is 3.59. The predicted molar refractivity (Wildman–Crippen MR) is 80.3 cm³/mol. The fourth-order valence-electron chi connectivity index (χ4n) is 2.15. The van der Waals surface area contributed by atoms with Crippen molar-refractivity contribution in [2.45, 2.75) is 0 Å². The van der Waals surface area contributed by atoms with Gasteiger partial charge < -0.3 is 5.32 Å². The van der Waals surface area contributed by atoms with Crippen molar-refractivity contribution in [2.24, 2.45) is 0 Å². The Balaban J connectivity index is 1.95. The molecule has 0 aromatic heterocycles. The van der Waals surface area contributed by atoms with E-state index in [1.807, 2.05) is 6.07 Å². The second-order valence-corrected chi connectivity index (χ2v) is 5.39. The summed E-state index contributed by atoms with van der Waals surface area (Å²) < 4.78 is 0.779. The third kappa shape index (κ3) is 2.45. The molecule has 1 aliphatic heterocycles. The van der Waals surface area contributed by atoms with Crippen LogP contribution in [0.1, 0.15) is 31.1 Å². The lowest BCUT2D eigenvalue weighted by atomic mass is 10.1. The fraction of sp³-hybridized carbons (Fsp3) is 0. The van der Waals surface area contributed by atoms with Crippen molar-refractivity contribution in [1.82, 2.24) is 5.32 Å². The first-order valence-electron chi connectivity index (χ1n) is 6.12. The molecule has 21 heavy (non-hydrogen) atoms. The van der Waals surface area contributed by atoms with Crippen LogP contribution in [0.25, 0.3) is 0 Å². The van der Waals surface area contributed by atoms with E-state index in [9.17, 15) is 14.4 Å².